The van der Waals surface area contributed by atoms with E-state index in [2.05, 4.69) is 14.8 Å². The van der Waals surface area contributed by atoms with Crippen LogP contribution in [0.5, 0.6) is 0 Å². The number of esters is 1. The standard InChI is InChI=1S/C13H13N3O3/c1-2-19-13(18)11(17)12-14-9-15-16(12)8-10-6-4-3-5-7-10/h3-7,9H,2,8H2,1H3. The highest BCUT2D eigenvalue weighted by Crippen LogP contribution is 2.04. The first kappa shape index (κ1) is 12.9. The second kappa shape index (κ2) is 5.90. The minimum absolute atomic E-state index is 0.0118. The molecule has 0 aliphatic heterocycles. The Kier molecular flexibility index (Phi) is 4.02. The van der Waals surface area contributed by atoms with E-state index in [1.54, 1.807) is 6.92 Å². The fraction of sp³-hybridized carbons (Fsp3) is 0.231. The number of benzene rings is 1. The third-order valence-electron chi connectivity index (χ3n) is 2.45. The zero-order valence-corrected chi connectivity index (χ0v) is 10.4. The quantitative estimate of drug-likeness (QED) is 0.456. The Morgan fingerprint density at radius 2 is 2.00 bits per heavy atom. The highest BCUT2D eigenvalue weighted by molar-refractivity contribution is 6.39. The first-order chi connectivity index (χ1) is 9.22. The lowest BCUT2D eigenvalue weighted by Crippen LogP contribution is -2.22. The van der Waals surface area contributed by atoms with Gasteiger partial charge in [-0.15, -0.1) is 0 Å². The van der Waals surface area contributed by atoms with E-state index in [1.165, 1.54) is 11.0 Å². The van der Waals surface area contributed by atoms with Crippen LogP contribution in [0.2, 0.25) is 0 Å². The van der Waals surface area contributed by atoms with E-state index in [0.717, 1.165) is 5.56 Å². The molecule has 0 N–H and O–H groups in total. The number of ketones is 1. The Bertz CT molecular complexity index is 578. The van der Waals surface area contributed by atoms with Gasteiger partial charge in [-0.05, 0) is 12.5 Å². The SMILES string of the molecule is CCOC(=O)C(=O)c1ncnn1Cc1ccccc1. The fourth-order valence-corrected chi connectivity index (χ4v) is 1.60. The number of rotatable bonds is 5. The van der Waals surface area contributed by atoms with Crippen LogP contribution in [0.1, 0.15) is 23.1 Å². The van der Waals surface area contributed by atoms with Crippen LogP contribution in [0.15, 0.2) is 36.7 Å². The summed E-state index contributed by atoms with van der Waals surface area (Å²) < 4.78 is 6.05. The van der Waals surface area contributed by atoms with Crippen LogP contribution in [0.4, 0.5) is 0 Å². The van der Waals surface area contributed by atoms with E-state index in [4.69, 9.17) is 0 Å². The number of carbonyl (C=O) groups excluding carboxylic acids is 2. The van der Waals surface area contributed by atoms with Gasteiger partial charge in [0.25, 0.3) is 0 Å². The minimum Gasteiger partial charge on any atom is -0.460 e. The van der Waals surface area contributed by atoms with Gasteiger partial charge >= 0.3 is 11.8 Å². The summed E-state index contributed by atoms with van der Waals surface area (Å²) in [4.78, 5) is 27.0. The van der Waals surface area contributed by atoms with Gasteiger partial charge in [0.15, 0.2) is 0 Å². The van der Waals surface area contributed by atoms with E-state index < -0.39 is 11.8 Å². The summed E-state index contributed by atoms with van der Waals surface area (Å²) in [5.41, 5.74) is 0.964. The summed E-state index contributed by atoms with van der Waals surface area (Å²) in [5.74, 6) is -1.71. The molecule has 0 fully saturated rings. The van der Waals surface area contributed by atoms with Crippen LogP contribution < -0.4 is 0 Å². The molecule has 6 heteroatoms. The first-order valence-corrected chi connectivity index (χ1v) is 5.85. The van der Waals surface area contributed by atoms with Crippen molar-refractivity contribution in [1.82, 2.24) is 14.8 Å². The smallest absolute Gasteiger partial charge is 0.383 e. The van der Waals surface area contributed by atoms with Crippen molar-refractivity contribution in [3.05, 3.63) is 48.0 Å². The largest absolute Gasteiger partial charge is 0.460 e. The lowest BCUT2D eigenvalue weighted by Gasteiger charge is -2.05. The molecular formula is C13H13N3O3. The van der Waals surface area contributed by atoms with Crippen LogP contribution in [0, 0.1) is 0 Å². The second-order valence-electron chi connectivity index (χ2n) is 3.78. The predicted octanol–water partition coefficient (Wildman–Crippen LogP) is 1.07. The average molecular weight is 259 g/mol. The topological polar surface area (TPSA) is 74.1 Å². The molecule has 0 aliphatic carbocycles. The molecule has 98 valence electrons. The number of ether oxygens (including phenoxy) is 1. The van der Waals surface area contributed by atoms with Gasteiger partial charge in [-0.25, -0.2) is 14.5 Å². The average Bonchev–Trinajstić information content (AvgIpc) is 2.87. The van der Waals surface area contributed by atoms with E-state index in [9.17, 15) is 9.59 Å². The number of hydrogen-bond donors (Lipinski definition) is 0. The van der Waals surface area contributed by atoms with E-state index in [-0.39, 0.29) is 12.4 Å². The molecule has 1 aromatic heterocycles. The number of hydrogen-bond acceptors (Lipinski definition) is 5. The maximum absolute atomic E-state index is 11.8. The molecule has 2 rings (SSSR count). The number of aromatic nitrogens is 3. The lowest BCUT2D eigenvalue weighted by molar-refractivity contribution is -0.137. The zero-order chi connectivity index (χ0) is 13.7. The van der Waals surface area contributed by atoms with Gasteiger partial charge in [-0.2, -0.15) is 5.10 Å². The van der Waals surface area contributed by atoms with Crippen molar-refractivity contribution in [2.24, 2.45) is 0 Å². The van der Waals surface area contributed by atoms with Gasteiger partial charge < -0.3 is 4.74 Å². The number of nitrogens with zero attached hydrogens (tertiary/aromatic N) is 3. The molecule has 0 amide bonds. The summed E-state index contributed by atoms with van der Waals surface area (Å²) in [6.45, 7) is 2.17. The van der Waals surface area contributed by atoms with Crippen LogP contribution in [-0.2, 0) is 16.1 Å². The zero-order valence-electron chi connectivity index (χ0n) is 10.4. The van der Waals surface area contributed by atoms with Crippen LogP contribution in [0.25, 0.3) is 0 Å². The molecule has 0 unspecified atom stereocenters. The van der Waals surface area contributed by atoms with Crippen molar-refractivity contribution in [1.29, 1.82) is 0 Å². The van der Waals surface area contributed by atoms with Gasteiger partial charge in [0, 0.05) is 0 Å². The van der Waals surface area contributed by atoms with E-state index >= 15 is 0 Å². The van der Waals surface area contributed by atoms with Gasteiger partial charge in [0.1, 0.15) is 6.33 Å². The lowest BCUT2D eigenvalue weighted by atomic mass is 10.2. The van der Waals surface area contributed by atoms with Gasteiger partial charge in [0.2, 0.25) is 5.82 Å². The van der Waals surface area contributed by atoms with Crippen molar-refractivity contribution < 1.29 is 14.3 Å². The summed E-state index contributed by atoms with van der Waals surface area (Å²) in [7, 11) is 0. The van der Waals surface area contributed by atoms with Crippen molar-refractivity contribution in [3.63, 3.8) is 0 Å². The molecule has 19 heavy (non-hydrogen) atoms. The molecule has 2 aromatic rings. The molecule has 1 heterocycles. The van der Waals surface area contributed by atoms with Crippen molar-refractivity contribution in [3.8, 4) is 0 Å². The van der Waals surface area contributed by atoms with Crippen molar-refractivity contribution >= 4 is 11.8 Å². The van der Waals surface area contributed by atoms with E-state index in [0.29, 0.717) is 6.54 Å². The van der Waals surface area contributed by atoms with Crippen molar-refractivity contribution in [2.75, 3.05) is 6.61 Å². The van der Waals surface area contributed by atoms with E-state index in [1.807, 2.05) is 30.3 Å². The summed E-state index contributed by atoms with van der Waals surface area (Å²) in [6, 6.07) is 9.48. The van der Waals surface area contributed by atoms with Gasteiger partial charge in [0.05, 0.1) is 13.2 Å². The summed E-state index contributed by atoms with van der Waals surface area (Å²) >= 11 is 0. The molecule has 0 bridgehead atoms. The maximum Gasteiger partial charge on any atom is 0.383 e. The Hall–Kier alpha value is -2.50. The Labute approximate surface area is 110 Å². The molecule has 6 nitrogen and oxygen atoms in total. The van der Waals surface area contributed by atoms with Crippen LogP contribution in [-0.4, -0.2) is 33.1 Å². The molecule has 0 atom stereocenters. The predicted molar refractivity (Wildman–Crippen MR) is 66.5 cm³/mol. The Morgan fingerprint density at radius 1 is 1.26 bits per heavy atom. The third kappa shape index (κ3) is 3.04. The van der Waals surface area contributed by atoms with Gasteiger partial charge in [-0.3, -0.25) is 4.79 Å². The molecule has 0 saturated carbocycles. The maximum atomic E-state index is 11.8. The van der Waals surface area contributed by atoms with Gasteiger partial charge in [-0.1, -0.05) is 30.3 Å². The second-order valence-corrected chi connectivity index (χ2v) is 3.78. The number of Topliss-reactive ketones (excluding diaryl/α,β-unsaturated/α-hetero) is 1. The Morgan fingerprint density at radius 3 is 2.68 bits per heavy atom. The van der Waals surface area contributed by atoms with Crippen LogP contribution >= 0.6 is 0 Å². The monoisotopic (exact) mass is 259 g/mol. The molecule has 0 aliphatic rings. The number of carbonyl (C=O) groups is 2. The Balaban J connectivity index is 2.18. The highest BCUT2D eigenvalue weighted by atomic mass is 16.5. The fourth-order valence-electron chi connectivity index (χ4n) is 1.60. The third-order valence-corrected chi connectivity index (χ3v) is 2.45. The highest BCUT2D eigenvalue weighted by Gasteiger charge is 2.23. The summed E-state index contributed by atoms with van der Waals surface area (Å²) in [5, 5.41) is 3.95. The molecule has 0 saturated heterocycles. The molecule has 0 radical (unpaired) electrons. The van der Waals surface area contributed by atoms with Crippen LogP contribution in [0.3, 0.4) is 0 Å². The normalized spacial score (nSPS) is 10.2. The molecule has 1 aromatic carbocycles. The van der Waals surface area contributed by atoms with Crippen molar-refractivity contribution in [2.45, 2.75) is 13.5 Å². The molecule has 0 spiro atoms. The first-order valence-electron chi connectivity index (χ1n) is 5.85. The molecular weight excluding hydrogens is 246 g/mol. The minimum atomic E-state index is -0.912. The summed E-state index contributed by atoms with van der Waals surface area (Å²) in [6.07, 6.45) is 1.25.